The number of hydrogen-bond acceptors (Lipinski definition) is 5. The van der Waals surface area contributed by atoms with Crippen LogP contribution in [-0.2, 0) is 25.0 Å². The smallest absolute Gasteiger partial charge is 0.296 e. The maximum absolute atomic E-state index is 13.1. The molecule has 1 aliphatic rings. The summed E-state index contributed by atoms with van der Waals surface area (Å²) in [5, 5.41) is 10.4. The topological polar surface area (TPSA) is 75.4 Å². The number of fused-ring (bicyclic) bond motifs is 1. The van der Waals surface area contributed by atoms with E-state index >= 15 is 0 Å². The molecule has 1 aromatic heterocycles. The minimum Gasteiger partial charge on any atom is -0.501 e. The highest BCUT2D eigenvalue weighted by molar-refractivity contribution is 5.96. The molecule has 0 saturated heterocycles. The lowest BCUT2D eigenvalue weighted by atomic mass is 9.96. The Labute approximate surface area is 186 Å². The average Bonchev–Trinajstić information content (AvgIpc) is 2.78. The summed E-state index contributed by atoms with van der Waals surface area (Å²) in [6, 6.07) is 15.9. The zero-order valence-electron chi connectivity index (χ0n) is 18.2. The molecule has 1 N–H and O–H groups in total. The Morgan fingerprint density at radius 2 is 1.75 bits per heavy atom. The van der Waals surface area contributed by atoms with E-state index in [9.17, 15) is 19.1 Å². The van der Waals surface area contributed by atoms with Crippen LogP contribution in [0, 0.1) is 5.82 Å². The fraction of sp³-hybridized carbons (Fsp3) is 0.320. The minimum atomic E-state index is -0.618. The lowest BCUT2D eigenvalue weighted by Crippen LogP contribution is -2.52. The van der Waals surface area contributed by atoms with Gasteiger partial charge in [0, 0.05) is 26.1 Å². The summed E-state index contributed by atoms with van der Waals surface area (Å²) in [4.78, 5) is 32.5. The number of rotatable bonds is 6. The summed E-state index contributed by atoms with van der Waals surface area (Å²) in [6.07, 6.45) is 0.422. The molecule has 0 bridgehead atoms. The number of benzene rings is 2. The average molecular weight is 435 g/mol. The molecule has 2 heterocycles. The van der Waals surface area contributed by atoms with Gasteiger partial charge in [0.05, 0.1) is 5.54 Å². The Morgan fingerprint density at radius 3 is 2.44 bits per heavy atom. The number of nitrogens with zero attached hydrogens (tertiary/aromatic N) is 3. The molecule has 166 valence electrons. The molecule has 0 aliphatic carbocycles. The Morgan fingerprint density at radius 1 is 1.06 bits per heavy atom. The largest absolute Gasteiger partial charge is 0.501 e. The number of carbonyl (C=O) groups is 1. The summed E-state index contributed by atoms with van der Waals surface area (Å²) >= 11 is 0. The molecule has 7 heteroatoms. The third kappa shape index (κ3) is 4.21. The zero-order valence-corrected chi connectivity index (χ0v) is 18.2. The molecular weight excluding hydrogens is 409 g/mol. The van der Waals surface area contributed by atoms with E-state index in [1.807, 2.05) is 44.2 Å². The van der Waals surface area contributed by atoms with E-state index in [0.717, 1.165) is 11.1 Å². The fourth-order valence-corrected chi connectivity index (χ4v) is 4.16. The van der Waals surface area contributed by atoms with Gasteiger partial charge in [0.2, 0.25) is 5.75 Å². The van der Waals surface area contributed by atoms with Crippen molar-refractivity contribution in [3.63, 3.8) is 0 Å². The number of aryl methyl sites for hydroxylation is 1. The molecular formula is C25H26FN3O3. The van der Waals surface area contributed by atoms with Crippen molar-refractivity contribution in [2.75, 3.05) is 6.54 Å². The second-order valence-corrected chi connectivity index (χ2v) is 8.61. The first-order valence-electron chi connectivity index (χ1n) is 10.7. The van der Waals surface area contributed by atoms with Crippen molar-refractivity contribution in [3.05, 3.63) is 93.4 Å². The van der Waals surface area contributed by atoms with Gasteiger partial charge >= 0.3 is 0 Å². The summed E-state index contributed by atoms with van der Waals surface area (Å²) in [6.45, 7) is 5.62. The van der Waals surface area contributed by atoms with E-state index in [1.54, 1.807) is 12.1 Å². The molecule has 0 saturated carbocycles. The Hall–Kier alpha value is -3.32. The molecule has 0 unspecified atom stereocenters. The standard InChI is InChI=1S/C25H26FN3O3/c1-25(2)24-27-21(20(30)13-10-17-8-11-19(26)12-9-17)22(31)23(32)29(24)15-14-28(25)16-18-6-4-3-5-7-18/h3-9,11-12,31H,10,13-16H2,1-2H3. The van der Waals surface area contributed by atoms with E-state index in [1.165, 1.54) is 16.7 Å². The van der Waals surface area contributed by atoms with Gasteiger partial charge in [-0.15, -0.1) is 0 Å². The highest BCUT2D eigenvalue weighted by Crippen LogP contribution is 2.32. The van der Waals surface area contributed by atoms with Gasteiger partial charge < -0.3 is 5.11 Å². The second kappa shape index (κ2) is 8.67. The highest BCUT2D eigenvalue weighted by atomic mass is 19.1. The van der Waals surface area contributed by atoms with E-state index in [4.69, 9.17) is 0 Å². The lowest BCUT2D eigenvalue weighted by Gasteiger charge is -2.43. The van der Waals surface area contributed by atoms with Gasteiger partial charge in [-0.1, -0.05) is 42.5 Å². The van der Waals surface area contributed by atoms with E-state index in [2.05, 4.69) is 9.88 Å². The first-order valence-corrected chi connectivity index (χ1v) is 10.7. The van der Waals surface area contributed by atoms with Crippen molar-refractivity contribution in [3.8, 4) is 5.75 Å². The van der Waals surface area contributed by atoms with Crippen molar-refractivity contribution in [1.82, 2.24) is 14.5 Å². The number of aromatic nitrogens is 2. The number of Topliss-reactive ketones (excluding diaryl/α,β-unsaturated/α-hetero) is 1. The molecule has 1 aliphatic heterocycles. The second-order valence-electron chi connectivity index (χ2n) is 8.61. The van der Waals surface area contributed by atoms with Gasteiger partial charge in [0.1, 0.15) is 11.6 Å². The van der Waals surface area contributed by atoms with Crippen molar-refractivity contribution < 1.29 is 14.3 Å². The van der Waals surface area contributed by atoms with Crippen LogP contribution in [0.25, 0.3) is 0 Å². The van der Waals surface area contributed by atoms with Crippen LogP contribution >= 0.6 is 0 Å². The third-order valence-electron chi connectivity index (χ3n) is 6.11. The van der Waals surface area contributed by atoms with Crippen molar-refractivity contribution >= 4 is 5.78 Å². The van der Waals surface area contributed by atoms with Crippen molar-refractivity contribution in [2.24, 2.45) is 0 Å². The Kier molecular flexibility index (Phi) is 5.93. The molecule has 0 amide bonds. The molecule has 3 aromatic rings. The Balaban J connectivity index is 1.62. The molecule has 4 rings (SSSR count). The van der Waals surface area contributed by atoms with Crippen LogP contribution in [-0.4, -0.2) is 31.9 Å². The summed E-state index contributed by atoms with van der Waals surface area (Å²) < 4.78 is 14.6. The first kappa shape index (κ1) is 21.9. The fourth-order valence-electron chi connectivity index (χ4n) is 4.16. The predicted molar refractivity (Wildman–Crippen MR) is 119 cm³/mol. The van der Waals surface area contributed by atoms with Gasteiger partial charge in [0.15, 0.2) is 11.5 Å². The number of halogens is 1. The molecule has 0 spiro atoms. The minimum absolute atomic E-state index is 0.0588. The van der Waals surface area contributed by atoms with Crippen LogP contribution < -0.4 is 5.56 Å². The molecule has 32 heavy (non-hydrogen) atoms. The summed E-state index contributed by atoms with van der Waals surface area (Å²) in [5.74, 6) is -0.898. The van der Waals surface area contributed by atoms with Gasteiger partial charge in [-0.2, -0.15) is 0 Å². The normalized spacial score (nSPS) is 15.3. The summed E-state index contributed by atoms with van der Waals surface area (Å²) in [7, 11) is 0. The SMILES string of the molecule is CC1(C)c2nc(C(=O)CCc3ccc(F)cc3)c(O)c(=O)n2CCN1Cc1ccccc1. The first-order chi connectivity index (χ1) is 15.3. The number of carbonyl (C=O) groups excluding carboxylic acids is 1. The molecule has 6 nitrogen and oxygen atoms in total. The van der Waals surface area contributed by atoms with Gasteiger partial charge in [0.25, 0.3) is 5.56 Å². The van der Waals surface area contributed by atoms with Crippen molar-refractivity contribution in [1.29, 1.82) is 0 Å². The summed E-state index contributed by atoms with van der Waals surface area (Å²) in [5.41, 5.74) is 0.534. The quantitative estimate of drug-likeness (QED) is 0.598. The van der Waals surface area contributed by atoms with Gasteiger partial charge in [-0.05, 0) is 43.5 Å². The van der Waals surface area contributed by atoms with Crippen LogP contribution in [0.2, 0.25) is 0 Å². The highest BCUT2D eigenvalue weighted by Gasteiger charge is 2.38. The lowest BCUT2D eigenvalue weighted by molar-refractivity contribution is 0.0651. The third-order valence-corrected chi connectivity index (χ3v) is 6.11. The van der Waals surface area contributed by atoms with E-state index in [-0.39, 0.29) is 17.9 Å². The van der Waals surface area contributed by atoms with Gasteiger partial charge in [-0.3, -0.25) is 19.1 Å². The molecule has 0 fully saturated rings. The number of hydrogen-bond donors (Lipinski definition) is 1. The maximum atomic E-state index is 13.1. The molecule has 0 radical (unpaired) electrons. The zero-order chi connectivity index (χ0) is 22.9. The van der Waals surface area contributed by atoms with Crippen LogP contribution in [0.15, 0.2) is 59.4 Å². The van der Waals surface area contributed by atoms with E-state index < -0.39 is 22.6 Å². The predicted octanol–water partition coefficient (Wildman–Crippen LogP) is 3.65. The van der Waals surface area contributed by atoms with Crippen LogP contribution in [0.5, 0.6) is 5.75 Å². The van der Waals surface area contributed by atoms with E-state index in [0.29, 0.717) is 31.9 Å². The Bertz CT molecular complexity index is 1190. The van der Waals surface area contributed by atoms with Crippen LogP contribution in [0.3, 0.4) is 0 Å². The number of ketones is 1. The maximum Gasteiger partial charge on any atom is 0.296 e. The van der Waals surface area contributed by atoms with Crippen molar-refractivity contribution in [2.45, 2.75) is 45.3 Å². The monoisotopic (exact) mass is 435 g/mol. The molecule has 0 atom stereocenters. The van der Waals surface area contributed by atoms with Crippen LogP contribution in [0.1, 0.15) is 47.7 Å². The van der Waals surface area contributed by atoms with Gasteiger partial charge in [-0.25, -0.2) is 9.37 Å². The number of aromatic hydroxyl groups is 1. The van der Waals surface area contributed by atoms with Crippen LogP contribution in [0.4, 0.5) is 4.39 Å². The molecule has 2 aromatic carbocycles.